The summed E-state index contributed by atoms with van der Waals surface area (Å²) in [6.07, 6.45) is 1.17. The molecule has 2 aliphatic rings. The molecule has 25 heavy (non-hydrogen) atoms. The number of rotatable bonds is 4. The number of halogens is 1. The number of benzene rings is 1. The number of nitrogens with one attached hydrogen (secondary N) is 2. The van der Waals surface area contributed by atoms with Crippen LogP contribution in [0.1, 0.15) is 9.67 Å². The Labute approximate surface area is 154 Å². The molecular formula is C16H18ClN3O4S. The third-order valence-corrected chi connectivity index (χ3v) is 5.22. The van der Waals surface area contributed by atoms with Crippen molar-refractivity contribution < 1.29 is 19.4 Å². The van der Waals surface area contributed by atoms with E-state index in [0.717, 1.165) is 16.3 Å². The predicted molar refractivity (Wildman–Crippen MR) is 95.6 cm³/mol. The Kier molecular flexibility index (Phi) is 5.43. The molecule has 1 amide bonds. The third-order valence-electron chi connectivity index (χ3n) is 4.18. The Hall–Kier alpha value is -1.87. The number of ether oxygens (including phenoxy) is 2. The maximum atomic E-state index is 12.3. The summed E-state index contributed by atoms with van der Waals surface area (Å²) < 4.78 is 10.7. The first-order valence-corrected chi connectivity index (χ1v) is 8.55. The van der Waals surface area contributed by atoms with Gasteiger partial charge in [0.1, 0.15) is 9.88 Å². The van der Waals surface area contributed by atoms with E-state index in [1.807, 2.05) is 18.2 Å². The molecule has 2 aromatic rings. The highest BCUT2D eigenvalue weighted by Crippen LogP contribution is 2.36. The molecule has 0 radical (unpaired) electrons. The Morgan fingerprint density at radius 3 is 3.00 bits per heavy atom. The van der Waals surface area contributed by atoms with Crippen molar-refractivity contribution in [3.63, 3.8) is 0 Å². The molecule has 1 aromatic heterocycles. The zero-order valence-electron chi connectivity index (χ0n) is 13.2. The molecule has 2 aliphatic heterocycles. The van der Waals surface area contributed by atoms with Crippen LogP contribution < -0.4 is 20.1 Å². The Bertz CT molecular complexity index is 770. The van der Waals surface area contributed by atoms with Gasteiger partial charge in [-0.3, -0.25) is 4.79 Å². The molecule has 2 unspecified atom stereocenters. The Balaban J connectivity index is 0.00000182. The van der Waals surface area contributed by atoms with Gasteiger partial charge in [0.2, 0.25) is 6.79 Å². The van der Waals surface area contributed by atoms with Gasteiger partial charge in [-0.15, -0.1) is 23.7 Å². The van der Waals surface area contributed by atoms with Crippen molar-refractivity contribution in [2.24, 2.45) is 5.92 Å². The number of hydrogen-bond acceptors (Lipinski definition) is 7. The van der Waals surface area contributed by atoms with E-state index in [2.05, 4.69) is 15.6 Å². The molecule has 9 heteroatoms. The van der Waals surface area contributed by atoms with E-state index in [0.29, 0.717) is 30.3 Å². The SMILES string of the molecule is Cl.O=C(NCC1CNCC1O)c1cnc(-c2ccc3c(c2)OCO3)s1. The zero-order valence-corrected chi connectivity index (χ0v) is 14.9. The summed E-state index contributed by atoms with van der Waals surface area (Å²) in [5.41, 5.74) is 0.888. The minimum Gasteiger partial charge on any atom is -0.454 e. The fraction of sp³-hybridized carbons (Fsp3) is 0.375. The van der Waals surface area contributed by atoms with E-state index in [1.54, 1.807) is 6.20 Å². The van der Waals surface area contributed by atoms with Crippen LogP contribution in [0.3, 0.4) is 0 Å². The summed E-state index contributed by atoms with van der Waals surface area (Å²) in [6, 6.07) is 5.60. The van der Waals surface area contributed by atoms with Crippen molar-refractivity contribution >= 4 is 29.7 Å². The molecule has 2 atom stereocenters. The van der Waals surface area contributed by atoms with Crippen molar-refractivity contribution in [3.8, 4) is 22.1 Å². The van der Waals surface area contributed by atoms with Crippen molar-refractivity contribution in [2.75, 3.05) is 26.4 Å². The lowest BCUT2D eigenvalue weighted by Gasteiger charge is -2.13. The number of aliphatic hydroxyl groups is 1. The van der Waals surface area contributed by atoms with Crippen molar-refractivity contribution in [1.82, 2.24) is 15.6 Å². The molecule has 0 saturated carbocycles. The first-order chi connectivity index (χ1) is 11.7. The maximum absolute atomic E-state index is 12.3. The lowest BCUT2D eigenvalue weighted by Crippen LogP contribution is -2.34. The van der Waals surface area contributed by atoms with Gasteiger partial charge < -0.3 is 25.2 Å². The van der Waals surface area contributed by atoms with E-state index in [-0.39, 0.29) is 31.0 Å². The number of aliphatic hydroxyl groups excluding tert-OH is 1. The average molecular weight is 384 g/mol. The molecule has 0 spiro atoms. The topological polar surface area (TPSA) is 92.7 Å². The van der Waals surface area contributed by atoms with Crippen LogP contribution in [0.25, 0.3) is 10.6 Å². The van der Waals surface area contributed by atoms with E-state index in [1.165, 1.54) is 11.3 Å². The van der Waals surface area contributed by atoms with Crippen LogP contribution in [0, 0.1) is 5.92 Å². The minimum absolute atomic E-state index is 0. The van der Waals surface area contributed by atoms with Crippen LogP contribution in [0.4, 0.5) is 0 Å². The summed E-state index contributed by atoms with van der Waals surface area (Å²) in [6.45, 7) is 1.97. The molecule has 0 bridgehead atoms. The molecule has 4 rings (SSSR count). The molecule has 3 N–H and O–H groups in total. The summed E-state index contributed by atoms with van der Waals surface area (Å²) in [5.74, 6) is 1.29. The highest BCUT2D eigenvalue weighted by atomic mass is 35.5. The van der Waals surface area contributed by atoms with Gasteiger partial charge in [-0.05, 0) is 18.2 Å². The van der Waals surface area contributed by atoms with Gasteiger partial charge in [0, 0.05) is 31.1 Å². The number of aromatic nitrogens is 1. The lowest BCUT2D eigenvalue weighted by molar-refractivity contribution is 0.0931. The summed E-state index contributed by atoms with van der Waals surface area (Å²) >= 11 is 1.33. The lowest BCUT2D eigenvalue weighted by atomic mass is 10.1. The van der Waals surface area contributed by atoms with E-state index in [4.69, 9.17) is 9.47 Å². The van der Waals surface area contributed by atoms with Gasteiger partial charge in [0.25, 0.3) is 5.91 Å². The van der Waals surface area contributed by atoms with Crippen molar-refractivity contribution in [1.29, 1.82) is 0 Å². The number of carbonyl (C=O) groups is 1. The highest BCUT2D eigenvalue weighted by Gasteiger charge is 2.25. The van der Waals surface area contributed by atoms with Crippen molar-refractivity contribution in [3.05, 3.63) is 29.3 Å². The third kappa shape index (κ3) is 3.72. The largest absolute Gasteiger partial charge is 0.454 e. The Morgan fingerprint density at radius 1 is 1.36 bits per heavy atom. The zero-order chi connectivity index (χ0) is 16.5. The Morgan fingerprint density at radius 2 is 2.20 bits per heavy atom. The van der Waals surface area contributed by atoms with Gasteiger partial charge in [0.15, 0.2) is 11.5 Å². The molecule has 3 heterocycles. The van der Waals surface area contributed by atoms with Crippen LogP contribution in [-0.2, 0) is 0 Å². The maximum Gasteiger partial charge on any atom is 0.263 e. The number of β-amino-alcohol motifs (C(OH)–C–C–N with tert-alkyl or cyclic N) is 1. The number of amides is 1. The van der Waals surface area contributed by atoms with Crippen LogP contribution in [-0.4, -0.2) is 48.5 Å². The first kappa shape index (κ1) is 17.9. The van der Waals surface area contributed by atoms with E-state index in [9.17, 15) is 9.90 Å². The second-order valence-corrected chi connectivity index (χ2v) is 6.82. The second kappa shape index (κ2) is 7.57. The molecule has 1 fully saturated rings. The monoisotopic (exact) mass is 383 g/mol. The van der Waals surface area contributed by atoms with Crippen molar-refractivity contribution in [2.45, 2.75) is 6.10 Å². The fourth-order valence-corrected chi connectivity index (χ4v) is 3.61. The molecule has 7 nitrogen and oxygen atoms in total. The van der Waals surface area contributed by atoms with Gasteiger partial charge in [-0.2, -0.15) is 0 Å². The summed E-state index contributed by atoms with van der Waals surface area (Å²) in [7, 11) is 0. The summed E-state index contributed by atoms with van der Waals surface area (Å²) in [4.78, 5) is 17.1. The normalized spacial score (nSPS) is 21.0. The van der Waals surface area contributed by atoms with Gasteiger partial charge in [-0.1, -0.05) is 0 Å². The summed E-state index contributed by atoms with van der Waals surface area (Å²) in [5, 5.41) is 16.5. The average Bonchev–Trinajstić information content (AvgIpc) is 3.32. The van der Waals surface area contributed by atoms with Crippen LogP contribution in [0.15, 0.2) is 24.4 Å². The fourth-order valence-electron chi connectivity index (χ4n) is 2.78. The van der Waals surface area contributed by atoms with Gasteiger partial charge in [0.05, 0.1) is 12.3 Å². The number of nitrogens with zero attached hydrogens (tertiary/aromatic N) is 1. The van der Waals surface area contributed by atoms with E-state index < -0.39 is 6.10 Å². The van der Waals surface area contributed by atoms with Crippen LogP contribution >= 0.6 is 23.7 Å². The van der Waals surface area contributed by atoms with Crippen LogP contribution in [0.5, 0.6) is 11.5 Å². The number of hydrogen-bond donors (Lipinski definition) is 3. The molecule has 134 valence electrons. The quantitative estimate of drug-likeness (QED) is 0.736. The standard InChI is InChI=1S/C16H17N3O4S.ClH/c20-11-6-17-4-10(11)5-18-15(21)14-7-19-16(24-14)9-1-2-12-13(3-9)23-8-22-12;/h1-3,7,10-11,17,20H,4-6,8H2,(H,18,21);1H. The molecule has 1 aromatic carbocycles. The predicted octanol–water partition coefficient (Wildman–Crippen LogP) is 1.27. The molecule has 1 saturated heterocycles. The van der Waals surface area contributed by atoms with Gasteiger partial charge in [-0.25, -0.2) is 4.98 Å². The number of thiazole rings is 1. The highest BCUT2D eigenvalue weighted by molar-refractivity contribution is 7.16. The number of carbonyl (C=O) groups excluding carboxylic acids is 1. The smallest absolute Gasteiger partial charge is 0.263 e. The molecule has 0 aliphatic carbocycles. The van der Waals surface area contributed by atoms with Gasteiger partial charge >= 0.3 is 0 Å². The molecular weight excluding hydrogens is 366 g/mol. The van der Waals surface area contributed by atoms with E-state index >= 15 is 0 Å². The number of fused-ring (bicyclic) bond motifs is 1. The minimum atomic E-state index is -0.407. The van der Waals surface area contributed by atoms with Crippen LogP contribution in [0.2, 0.25) is 0 Å². The first-order valence-electron chi connectivity index (χ1n) is 7.73. The second-order valence-electron chi connectivity index (χ2n) is 5.79.